The molecule has 0 saturated carbocycles. The van der Waals surface area contributed by atoms with Gasteiger partial charge in [-0.1, -0.05) is 36.4 Å². The molecule has 106 valence electrons. The number of rotatable bonds is 7. The van der Waals surface area contributed by atoms with E-state index in [1.54, 1.807) is 12.1 Å². The fraction of sp³-hybridized carbons (Fsp3) is 0.294. The van der Waals surface area contributed by atoms with Crippen molar-refractivity contribution in [2.75, 3.05) is 13.2 Å². The van der Waals surface area contributed by atoms with Crippen LogP contribution in [0.15, 0.2) is 54.6 Å². The van der Waals surface area contributed by atoms with E-state index in [1.807, 2.05) is 18.2 Å². The van der Waals surface area contributed by atoms with Gasteiger partial charge in [0.2, 0.25) is 0 Å². The summed E-state index contributed by atoms with van der Waals surface area (Å²) in [6.07, 6.45) is 1.86. The summed E-state index contributed by atoms with van der Waals surface area (Å²) in [5, 5.41) is 0. The van der Waals surface area contributed by atoms with E-state index in [-0.39, 0.29) is 5.82 Å². The zero-order valence-corrected chi connectivity index (χ0v) is 11.5. The lowest BCUT2D eigenvalue weighted by atomic mass is 9.95. The molecule has 2 aromatic rings. The third-order valence-corrected chi connectivity index (χ3v) is 3.32. The second kappa shape index (κ2) is 7.65. The van der Waals surface area contributed by atoms with Gasteiger partial charge in [0.15, 0.2) is 0 Å². The largest absolute Gasteiger partial charge is 0.493 e. The van der Waals surface area contributed by atoms with E-state index < -0.39 is 0 Å². The molecule has 20 heavy (non-hydrogen) atoms. The number of ether oxygens (including phenoxy) is 1. The van der Waals surface area contributed by atoms with Crippen LogP contribution in [0.25, 0.3) is 0 Å². The van der Waals surface area contributed by atoms with Crippen molar-refractivity contribution < 1.29 is 9.13 Å². The van der Waals surface area contributed by atoms with Crippen LogP contribution in [0, 0.1) is 5.82 Å². The molecule has 0 amide bonds. The van der Waals surface area contributed by atoms with Crippen LogP contribution in [0.1, 0.15) is 24.3 Å². The van der Waals surface area contributed by atoms with Crippen LogP contribution in [0.2, 0.25) is 0 Å². The van der Waals surface area contributed by atoms with Gasteiger partial charge in [0.05, 0.1) is 6.61 Å². The first kappa shape index (κ1) is 14.5. The molecule has 0 aliphatic heterocycles. The Kier molecular flexibility index (Phi) is 5.56. The number of hydrogen-bond donors (Lipinski definition) is 1. The van der Waals surface area contributed by atoms with Gasteiger partial charge >= 0.3 is 0 Å². The minimum absolute atomic E-state index is 0.272. The molecule has 0 aromatic heterocycles. The molecule has 0 saturated heterocycles. The van der Waals surface area contributed by atoms with Gasteiger partial charge in [-0.3, -0.25) is 0 Å². The summed E-state index contributed by atoms with van der Waals surface area (Å²) in [6.45, 7) is 1.21. The first-order chi connectivity index (χ1) is 9.79. The molecular formula is C17H20FNO. The fourth-order valence-corrected chi connectivity index (χ4v) is 2.22. The van der Waals surface area contributed by atoms with Gasteiger partial charge in [-0.15, -0.1) is 0 Å². The fourth-order valence-electron chi connectivity index (χ4n) is 2.22. The third-order valence-electron chi connectivity index (χ3n) is 3.32. The number of halogens is 1. The van der Waals surface area contributed by atoms with Crippen LogP contribution in [-0.2, 0) is 0 Å². The summed E-state index contributed by atoms with van der Waals surface area (Å²) in [5.74, 6) is 0.660. The summed E-state index contributed by atoms with van der Waals surface area (Å²) in [4.78, 5) is 0. The SMILES string of the molecule is NCC(CCCOc1cccc(F)c1)c1ccccc1. The summed E-state index contributed by atoms with van der Waals surface area (Å²) < 4.78 is 18.5. The normalized spacial score (nSPS) is 12.1. The maximum absolute atomic E-state index is 13.0. The summed E-state index contributed by atoms with van der Waals surface area (Å²) in [7, 11) is 0. The van der Waals surface area contributed by atoms with Crippen molar-refractivity contribution in [2.45, 2.75) is 18.8 Å². The molecule has 1 atom stereocenters. The minimum atomic E-state index is -0.272. The van der Waals surface area contributed by atoms with Gasteiger partial charge in [0, 0.05) is 6.07 Å². The van der Waals surface area contributed by atoms with Crippen molar-refractivity contribution >= 4 is 0 Å². The van der Waals surface area contributed by atoms with E-state index in [9.17, 15) is 4.39 Å². The van der Waals surface area contributed by atoms with Gasteiger partial charge in [-0.2, -0.15) is 0 Å². The van der Waals surface area contributed by atoms with Crippen LogP contribution in [0.3, 0.4) is 0 Å². The Hall–Kier alpha value is -1.87. The van der Waals surface area contributed by atoms with E-state index in [1.165, 1.54) is 17.7 Å². The van der Waals surface area contributed by atoms with E-state index in [4.69, 9.17) is 10.5 Å². The Bertz CT molecular complexity index is 515. The lowest BCUT2D eigenvalue weighted by Crippen LogP contribution is -2.13. The molecule has 2 nitrogen and oxygen atoms in total. The molecule has 3 heteroatoms. The molecule has 2 aromatic carbocycles. The second-order valence-electron chi connectivity index (χ2n) is 4.79. The van der Waals surface area contributed by atoms with Crippen molar-refractivity contribution in [1.29, 1.82) is 0 Å². The molecule has 0 radical (unpaired) electrons. The standard InChI is InChI=1S/C17H20FNO/c18-16-9-4-10-17(12-16)20-11-5-8-15(13-19)14-6-2-1-3-7-14/h1-4,6-7,9-10,12,15H,5,8,11,13,19H2. The average molecular weight is 273 g/mol. The zero-order valence-electron chi connectivity index (χ0n) is 11.5. The Balaban J connectivity index is 1.77. The van der Waals surface area contributed by atoms with Gasteiger partial charge in [-0.05, 0) is 43.0 Å². The topological polar surface area (TPSA) is 35.2 Å². The zero-order chi connectivity index (χ0) is 14.2. The maximum Gasteiger partial charge on any atom is 0.126 e. The summed E-state index contributed by atoms with van der Waals surface area (Å²) in [5.41, 5.74) is 7.09. The van der Waals surface area contributed by atoms with Crippen LogP contribution in [0.5, 0.6) is 5.75 Å². The molecular weight excluding hydrogens is 253 g/mol. The quantitative estimate of drug-likeness (QED) is 0.780. The van der Waals surface area contributed by atoms with E-state index >= 15 is 0 Å². The highest BCUT2D eigenvalue weighted by atomic mass is 19.1. The van der Waals surface area contributed by atoms with Gasteiger partial charge in [0.25, 0.3) is 0 Å². The monoisotopic (exact) mass is 273 g/mol. The minimum Gasteiger partial charge on any atom is -0.493 e. The van der Waals surface area contributed by atoms with Crippen molar-refractivity contribution in [1.82, 2.24) is 0 Å². The third kappa shape index (κ3) is 4.35. The van der Waals surface area contributed by atoms with Crippen LogP contribution in [-0.4, -0.2) is 13.2 Å². The summed E-state index contributed by atoms with van der Waals surface area (Å²) >= 11 is 0. The van der Waals surface area contributed by atoms with Crippen molar-refractivity contribution in [2.24, 2.45) is 5.73 Å². The molecule has 0 fully saturated rings. The Morgan fingerprint density at radius 3 is 2.55 bits per heavy atom. The van der Waals surface area contributed by atoms with Crippen LogP contribution in [0.4, 0.5) is 4.39 Å². The highest BCUT2D eigenvalue weighted by Gasteiger charge is 2.08. The molecule has 1 unspecified atom stereocenters. The van der Waals surface area contributed by atoms with Crippen molar-refractivity contribution in [3.8, 4) is 5.75 Å². The van der Waals surface area contributed by atoms with Gasteiger partial charge < -0.3 is 10.5 Å². The number of nitrogens with two attached hydrogens (primary N) is 1. The number of hydrogen-bond acceptors (Lipinski definition) is 2. The van der Waals surface area contributed by atoms with Crippen LogP contribution < -0.4 is 10.5 Å². The second-order valence-corrected chi connectivity index (χ2v) is 4.79. The highest BCUT2D eigenvalue weighted by Crippen LogP contribution is 2.20. The molecule has 0 aliphatic rings. The first-order valence-corrected chi connectivity index (χ1v) is 6.93. The lowest BCUT2D eigenvalue weighted by Gasteiger charge is -2.15. The van der Waals surface area contributed by atoms with Crippen LogP contribution >= 0.6 is 0 Å². The predicted molar refractivity (Wildman–Crippen MR) is 79.4 cm³/mol. The van der Waals surface area contributed by atoms with E-state index in [2.05, 4.69) is 12.1 Å². The van der Waals surface area contributed by atoms with Gasteiger partial charge in [-0.25, -0.2) is 4.39 Å². The molecule has 0 bridgehead atoms. The summed E-state index contributed by atoms with van der Waals surface area (Å²) in [6, 6.07) is 16.5. The smallest absolute Gasteiger partial charge is 0.126 e. The van der Waals surface area contributed by atoms with Crippen molar-refractivity contribution in [3.05, 3.63) is 66.0 Å². The molecule has 0 aliphatic carbocycles. The molecule has 0 spiro atoms. The first-order valence-electron chi connectivity index (χ1n) is 6.93. The van der Waals surface area contributed by atoms with E-state index in [0.717, 1.165) is 12.8 Å². The lowest BCUT2D eigenvalue weighted by molar-refractivity contribution is 0.300. The maximum atomic E-state index is 13.0. The molecule has 2 N–H and O–H groups in total. The number of benzene rings is 2. The highest BCUT2D eigenvalue weighted by molar-refractivity contribution is 5.22. The molecule has 0 heterocycles. The predicted octanol–water partition coefficient (Wildman–Crippen LogP) is 3.73. The van der Waals surface area contributed by atoms with Crippen molar-refractivity contribution in [3.63, 3.8) is 0 Å². The van der Waals surface area contributed by atoms with E-state index in [0.29, 0.717) is 24.8 Å². The average Bonchev–Trinajstić information content (AvgIpc) is 2.48. The Morgan fingerprint density at radius 2 is 1.85 bits per heavy atom. The molecule has 2 rings (SSSR count). The Morgan fingerprint density at radius 1 is 1.05 bits per heavy atom. The van der Waals surface area contributed by atoms with Gasteiger partial charge in [0.1, 0.15) is 11.6 Å². The Labute approximate surface area is 119 Å².